The number of fused-ring (bicyclic) bond motifs is 1. The van der Waals surface area contributed by atoms with Crippen LogP contribution < -0.4 is 10.1 Å². The van der Waals surface area contributed by atoms with Crippen LogP contribution in [0.4, 0.5) is 5.82 Å². The summed E-state index contributed by atoms with van der Waals surface area (Å²) in [7, 11) is 1.63. The fourth-order valence-electron chi connectivity index (χ4n) is 2.66. The van der Waals surface area contributed by atoms with Crippen LogP contribution in [0.25, 0.3) is 11.1 Å². The quantitative estimate of drug-likeness (QED) is 0.688. The average molecular weight is 341 g/mol. The molecule has 1 aromatic carbocycles. The molecule has 0 aliphatic heterocycles. The molecule has 0 unspecified atom stereocenters. The SMILES string of the molecule is CCOC(=O)c1c(C)oc2ncnc(NCc3ccccc3OC)c12. The van der Waals surface area contributed by atoms with Gasteiger partial charge in [-0.2, -0.15) is 0 Å². The maximum absolute atomic E-state index is 12.3. The van der Waals surface area contributed by atoms with Crippen molar-refractivity contribution in [2.45, 2.75) is 20.4 Å². The summed E-state index contributed by atoms with van der Waals surface area (Å²) in [4.78, 5) is 20.6. The number of ether oxygens (including phenoxy) is 2. The van der Waals surface area contributed by atoms with Gasteiger partial charge in [0.2, 0.25) is 5.71 Å². The van der Waals surface area contributed by atoms with Crippen molar-refractivity contribution in [2.24, 2.45) is 0 Å². The van der Waals surface area contributed by atoms with Gasteiger partial charge >= 0.3 is 5.97 Å². The summed E-state index contributed by atoms with van der Waals surface area (Å²) in [5.74, 6) is 1.29. The van der Waals surface area contributed by atoms with Crippen LogP contribution in [0, 0.1) is 6.92 Å². The number of esters is 1. The third-order valence-corrected chi connectivity index (χ3v) is 3.78. The zero-order valence-electron chi connectivity index (χ0n) is 14.3. The van der Waals surface area contributed by atoms with E-state index in [1.165, 1.54) is 6.33 Å². The van der Waals surface area contributed by atoms with E-state index in [2.05, 4.69) is 15.3 Å². The molecule has 7 heteroatoms. The molecule has 0 spiro atoms. The molecule has 3 rings (SSSR count). The van der Waals surface area contributed by atoms with Gasteiger partial charge in [0.15, 0.2) is 0 Å². The van der Waals surface area contributed by atoms with E-state index in [4.69, 9.17) is 13.9 Å². The molecule has 130 valence electrons. The molecular weight excluding hydrogens is 322 g/mol. The number of benzene rings is 1. The fourth-order valence-corrected chi connectivity index (χ4v) is 2.66. The number of rotatable bonds is 6. The molecule has 1 N–H and O–H groups in total. The van der Waals surface area contributed by atoms with Gasteiger partial charge in [-0.05, 0) is 19.9 Å². The Morgan fingerprint density at radius 1 is 1.28 bits per heavy atom. The van der Waals surface area contributed by atoms with Gasteiger partial charge in [-0.3, -0.25) is 0 Å². The first-order valence-corrected chi connectivity index (χ1v) is 7.92. The van der Waals surface area contributed by atoms with Crippen molar-refractivity contribution in [3.63, 3.8) is 0 Å². The first kappa shape index (κ1) is 16.8. The number of methoxy groups -OCH3 is 1. The highest BCUT2D eigenvalue weighted by atomic mass is 16.5. The van der Waals surface area contributed by atoms with Gasteiger partial charge in [-0.15, -0.1) is 0 Å². The first-order chi connectivity index (χ1) is 12.2. The molecule has 25 heavy (non-hydrogen) atoms. The van der Waals surface area contributed by atoms with Crippen LogP contribution in [0.5, 0.6) is 5.75 Å². The van der Waals surface area contributed by atoms with Gasteiger partial charge in [-0.25, -0.2) is 14.8 Å². The minimum Gasteiger partial charge on any atom is -0.496 e. The smallest absolute Gasteiger partial charge is 0.342 e. The number of carbonyl (C=O) groups excluding carboxylic acids is 1. The lowest BCUT2D eigenvalue weighted by molar-refractivity contribution is 0.0526. The molecule has 2 aromatic heterocycles. The Labute approximate surface area is 145 Å². The summed E-state index contributed by atoms with van der Waals surface area (Å²) >= 11 is 0. The minimum atomic E-state index is -0.450. The van der Waals surface area contributed by atoms with Gasteiger partial charge in [0, 0.05) is 12.1 Å². The van der Waals surface area contributed by atoms with Crippen molar-refractivity contribution in [3.8, 4) is 5.75 Å². The summed E-state index contributed by atoms with van der Waals surface area (Å²) in [6.07, 6.45) is 1.39. The normalized spacial score (nSPS) is 10.7. The Morgan fingerprint density at radius 3 is 2.84 bits per heavy atom. The average Bonchev–Trinajstić information content (AvgIpc) is 2.96. The molecule has 0 fully saturated rings. The number of nitrogens with zero attached hydrogens (tertiary/aromatic N) is 2. The van der Waals surface area contributed by atoms with Crippen molar-refractivity contribution in [3.05, 3.63) is 47.5 Å². The fraction of sp³-hybridized carbons (Fsp3) is 0.278. The number of para-hydroxylation sites is 1. The van der Waals surface area contributed by atoms with Gasteiger partial charge in [0.1, 0.15) is 29.2 Å². The third-order valence-electron chi connectivity index (χ3n) is 3.78. The van der Waals surface area contributed by atoms with Crippen molar-refractivity contribution >= 4 is 22.9 Å². The van der Waals surface area contributed by atoms with Gasteiger partial charge in [0.05, 0.1) is 19.1 Å². The maximum Gasteiger partial charge on any atom is 0.342 e. The van der Waals surface area contributed by atoms with Crippen LogP contribution in [0.1, 0.15) is 28.6 Å². The lowest BCUT2D eigenvalue weighted by Gasteiger charge is -2.10. The topological polar surface area (TPSA) is 86.5 Å². The van der Waals surface area contributed by atoms with Crippen molar-refractivity contribution in [2.75, 3.05) is 19.0 Å². The van der Waals surface area contributed by atoms with E-state index in [-0.39, 0.29) is 6.61 Å². The van der Waals surface area contributed by atoms with E-state index in [0.29, 0.717) is 34.8 Å². The number of hydrogen-bond acceptors (Lipinski definition) is 7. The van der Waals surface area contributed by atoms with E-state index in [9.17, 15) is 4.79 Å². The molecule has 0 aliphatic rings. The Morgan fingerprint density at radius 2 is 2.08 bits per heavy atom. The van der Waals surface area contributed by atoms with E-state index < -0.39 is 5.97 Å². The summed E-state index contributed by atoms with van der Waals surface area (Å²) in [5, 5.41) is 3.75. The molecule has 0 saturated heterocycles. The predicted octanol–water partition coefficient (Wildman–Crippen LogP) is 3.33. The molecule has 0 aliphatic carbocycles. The molecule has 0 amide bonds. The van der Waals surface area contributed by atoms with E-state index in [1.54, 1.807) is 21.0 Å². The number of aryl methyl sites for hydroxylation is 1. The zero-order chi connectivity index (χ0) is 17.8. The summed E-state index contributed by atoms with van der Waals surface area (Å²) in [5.41, 5.74) is 1.66. The van der Waals surface area contributed by atoms with E-state index >= 15 is 0 Å². The summed E-state index contributed by atoms with van der Waals surface area (Å²) < 4.78 is 16.1. The number of nitrogens with one attached hydrogen (secondary N) is 1. The van der Waals surface area contributed by atoms with Crippen LogP contribution in [0.3, 0.4) is 0 Å². The van der Waals surface area contributed by atoms with Crippen molar-refractivity contribution in [1.82, 2.24) is 9.97 Å². The molecular formula is C18H19N3O4. The number of aromatic nitrogens is 2. The van der Waals surface area contributed by atoms with Crippen LogP contribution >= 0.6 is 0 Å². The third kappa shape index (κ3) is 3.26. The molecule has 0 atom stereocenters. The number of anilines is 1. The highest BCUT2D eigenvalue weighted by Crippen LogP contribution is 2.30. The van der Waals surface area contributed by atoms with Crippen LogP contribution in [0.2, 0.25) is 0 Å². The Balaban J connectivity index is 1.97. The van der Waals surface area contributed by atoms with E-state index in [0.717, 1.165) is 11.3 Å². The molecule has 0 saturated carbocycles. The highest BCUT2D eigenvalue weighted by Gasteiger charge is 2.23. The Bertz CT molecular complexity index is 904. The monoisotopic (exact) mass is 341 g/mol. The maximum atomic E-state index is 12.3. The van der Waals surface area contributed by atoms with Crippen molar-refractivity contribution in [1.29, 1.82) is 0 Å². The second kappa shape index (κ2) is 7.21. The molecule has 0 radical (unpaired) electrons. The second-order valence-electron chi connectivity index (χ2n) is 5.32. The lowest BCUT2D eigenvalue weighted by Crippen LogP contribution is -2.08. The Kier molecular flexibility index (Phi) is 4.83. The Hall–Kier alpha value is -3.09. The summed E-state index contributed by atoms with van der Waals surface area (Å²) in [6, 6.07) is 7.68. The van der Waals surface area contributed by atoms with Gasteiger partial charge < -0.3 is 19.2 Å². The zero-order valence-corrected chi connectivity index (χ0v) is 14.3. The largest absolute Gasteiger partial charge is 0.496 e. The lowest BCUT2D eigenvalue weighted by atomic mass is 10.1. The first-order valence-electron chi connectivity index (χ1n) is 7.92. The molecule has 2 heterocycles. The number of carbonyl (C=O) groups is 1. The standard InChI is InChI=1S/C18H19N3O4/c1-4-24-18(22)14-11(2)25-17-15(14)16(20-10-21-17)19-9-12-7-5-6-8-13(12)23-3/h5-8,10H,4,9H2,1-3H3,(H,19,20,21). The van der Waals surface area contributed by atoms with Crippen LogP contribution in [-0.2, 0) is 11.3 Å². The van der Waals surface area contributed by atoms with Gasteiger partial charge in [0.25, 0.3) is 0 Å². The van der Waals surface area contributed by atoms with E-state index in [1.807, 2.05) is 24.3 Å². The molecule has 0 bridgehead atoms. The number of furan rings is 1. The van der Waals surface area contributed by atoms with Crippen LogP contribution in [0.15, 0.2) is 35.0 Å². The molecule has 3 aromatic rings. The number of hydrogen-bond donors (Lipinski definition) is 1. The summed E-state index contributed by atoms with van der Waals surface area (Å²) in [6.45, 7) is 4.22. The second-order valence-corrected chi connectivity index (χ2v) is 5.32. The highest BCUT2D eigenvalue weighted by molar-refractivity contribution is 6.07. The predicted molar refractivity (Wildman–Crippen MR) is 92.8 cm³/mol. The minimum absolute atomic E-state index is 0.280. The molecule has 7 nitrogen and oxygen atoms in total. The van der Waals surface area contributed by atoms with Crippen LogP contribution in [-0.4, -0.2) is 29.7 Å². The van der Waals surface area contributed by atoms with Gasteiger partial charge in [-0.1, -0.05) is 18.2 Å². The van der Waals surface area contributed by atoms with Crippen molar-refractivity contribution < 1.29 is 18.7 Å².